The van der Waals surface area contributed by atoms with Crippen LogP contribution in [0.2, 0.25) is 0 Å². The number of hydrogen-bond donors (Lipinski definition) is 0. The van der Waals surface area contributed by atoms with Gasteiger partial charge in [0.15, 0.2) is 17.3 Å². The lowest BCUT2D eigenvalue weighted by Gasteiger charge is -2.11. The number of ketones is 1. The van der Waals surface area contributed by atoms with Crippen LogP contribution in [0.5, 0.6) is 11.5 Å². The number of aryl methyl sites for hydroxylation is 1. The molecule has 6 nitrogen and oxygen atoms in total. The summed E-state index contributed by atoms with van der Waals surface area (Å²) in [5, 5.41) is 11.3. The molecule has 37 heavy (non-hydrogen) atoms. The lowest BCUT2D eigenvalue weighted by molar-refractivity contribution is 0.102. The molecule has 8 heteroatoms. The van der Waals surface area contributed by atoms with Crippen molar-refractivity contribution in [3.05, 3.63) is 95.6 Å². The van der Waals surface area contributed by atoms with E-state index in [1.54, 1.807) is 12.1 Å². The Kier molecular flexibility index (Phi) is 5.88. The standard InChI is InChI=1S/C29H22FN3O3S/c1-17-13-24(18(2)33(17)21-11-12-26-27(14-21)36-16-35-26)25(34)15-37-29-23-6-4-3-5-22(23)28(31-32-29)19-7-9-20(30)10-8-19/h3-14H,15-16H2,1-2H3. The quantitative estimate of drug-likeness (QED) is 0.190. The summed E-state index contributed by atoms with van der Waals surface area (Å²) in [6, 6.07) is 21.7. The topological polar surface area (TPSA) is 66.2 Å². The van der Waals surface area contributed by atoms with Crippen molar-refractivity contribution in [1.82, 2.24) is 14.8 Å². The van der Waals surface area contributed by atoms with Crippen LogP contribution in [-0.4, -0.2) is 33.1 Å². The van der Waals surface area contributed by atoms with Gasteiger partial charge in [-0.1, -0.05) is 36.0 Å². The van der Waals surface area contributed by atoms with Crippen molar-refractivity contribution in [2.75, 3.05) is 12.5 Å². The monoisotopic (exact) mass is 511 g/mol. The fourth-order valence-electron chi connectivity index (χ4n) is 4.69. The van der Waals surface area contributed by atoms with Crippen molar-refractivity contribution in [1.29, 1.82) is 0 Å². The molecular formula is C29H22FN3O3S. The second kappa shape index (κ2) is 9.37. The molecule has 2 aromatic heterocycles. The third kappa shape index (κ3) is 4.23. The number of Topliss-reactive ketones (excluding diaryl/α,β-unsaturated/α-hetero) is 1. The Bertz CT molecular complexity index is 1660. The number of halogens is 1. The van der Waals surface area contributed by atoms with Gasteiger partial charge < -0.3 is 14.0 Å². The minimum Gasteiger partial charge on any atom is -0.454 e. The van der Waals surface area contributed by atoms with Gasteiger partial charge in [0, 0.05) is 45.0 Å². The Morgan fingerprint density at radius 1 is 0.946 bits per heavy atom. The molecule has 0 saturated heterocycles. The minimum absolute atomic E-state index is 0.0126. The number of rotatable bonds is 6. The maximum absolute atomic E-state index is 13.4. The zero-order valence-corrected chi connectivity index (χ0v) is 21.0. The average Bonchev–Trinajstić information content (AvgIpc) is 3.50. The SMILES string of the molecule is Cc1cc(C(=O)CSc2nnc(-c3ccc(F)cc3)c3ccccc23)c(C)n1-c1ccc2c(c1)OCO2. The summed E-state index contributed by atoms with van der Waals surface area (Å²) in [7, 11) is 0. The van der Waals surface area contributed by atoms with Crippen molar-refractivity contribution in [3.63, 3.8) is 0 Å². The van der Waals surface area contributed by atoms with Crippen molar-refractivity contribution in [2.45, 2.75) is 18.9 Å². The second-order valence-corrected chi connectivity index (χ2v) is 9.74. The third-order valence-electron chi connectivity index (χ3n) is 6.46. The zero-order valence-electron chi connectivity index (χ0n) is 20.2. The normalized spacial score (nSPS) is 12.3. The summed E-state index contributed by atoms with van der Waals surface area (Å²) < 4.78 is 26.4. The number of carbonyl (C=O) groups excluding carboxylic acids is 1. The largest absolute Gasteiger partial charge is 0.454 e. The van der Waals surface area contributed by atoms with Crippen LogP contribution in [0.25, 0.3) is 27.7 Å². The molecule has 0 spiro atoms. The van der Waals surface area contributed by atoms with E-state index in [4.69, 9.17) is 9.47 Å². The maximum atomic E-state index is 13.4. The van der Waals surface area contributed by atoms with Crippen molar-refractivity contribution < 1.29 is 18.7 Å². The molecule has 6 rings (SSSR count). The fourth-order valence-corrected chi connectivity index (χ4v) is 5.54. The molecule has 1 aliphatic rings. The van der Waals surface area contributed by atoms with Crippen LogP contribution in [0.1, 0.15) is 21.7 Å². The van der Waals surface area contributed by atoms with Gasteiger partial charge in [0.25, 0.3) is 0 Å². The smallest absolute Gasteiger partial charge is 0.231 e. The van der Waals surface area contributed by atoms with Gasteiger partial charge in [-0.15, -0.1) is 10.2 Å². The summed E-state index contributed by atoms with van der Waals surface area (Å²) >= 11 is 1.37. The van der Waals surface area contributed by atoms with E-state index in [1.165, 1.54) is 23.9 Å². The molecule has 0 amide bonds. The van der Waals surface area contributed by atoms with Crippen LogP contribution >= 0.6 is 11.8 Å². The molecule has 0 radical (unpaired) electrons. The first-order valence-corrected chi connectivity index (χ1v) is 12.7. The molecule has 5 aromatic rings. The molecule has 0 aliphatic carbocycles. The Morgan fingerprint density at radius 2 is 1.70 bits per heavy atom. The molecule has 184 valence electrons. The Hall–Kier alpha value is -4.17. The highest BCUT2D eigenvalue weighted by Crippen LogP contribution is 2.36. The first-order valence-electron chi connectivity index (χ1n) is 11.8. The van der Waals surface area contributed by atoms with E-state index < -0.39 is 0 Å². The second-order valence-electron chi connectivity index (χ2n) is 8.78. The van der Waals surface area contributed by atoms with E-state index in [9.17, 15) is 9.18 Å². The number of fused-ring (bicyclic) bond motifs is 2. The van der Waals surface area contributed by atoms with Crippen LogP contribution in [0.3, 0.4) is 0 Å². The number of nitrogens with zero attached hydrogens (tertiary/aromatic N) is 3. The van der Waals surface area contributed by atoms with Gasteiger partial charge >= 0.3 is 0 Å². The Morgan fingerprint density at radius 3 is 2.51 bits per heavy atom. The van der Waals surface area contributed by atoms with Crippen molar-refractivity contribution in [3.8, 4) is 28.4 Å². The van der Waals surface area contributed by atoms with Gasteiger partial charge in [-0.25, -0.2) is 4.39 Å². The number of hydrogen-bond acceptors (Lipinski definition) is 6. The van der Waals surface area contributed by atoms with Gasteiger partial charge in [0.1, 0.15) is 16.5 Å². The minimum atomic E-state index is -0.301. The molecule has 0 N–H and O–H groups in total. The summed E-state index contributed by atoms with van der Waals surface area (Å²) in [5.41, 5.74) is 4.87. The number of thioether (sulfide) groups is 1. The first kappa shape index (κ1) is 23.2. The van der Waals surface area contributed by atoms with Crippen LogP contribution in [-0.2, 0) is 0 Å². The highest BCUT2D eigenvalue weighted by Gasteiger charge is 2.20. The van der Waals surface area contributed by atoms with Crippen LogP contribution in [0.15, 0.2) is 77.8 Å². The lowest BCUT2D eigenvalue weighted by atomic mass is 10.1. The predicted octanol–water partition coefficient (Wildman–Crippen LogP) is 6.55. The summed E-state index contributed by atoms with van der Waals surface area (Å²) in [5.74, 6) is 1.35. The van der Waals surface area contributed by atoms with E-state index in [0.717, 1.165) is 39.2 Å². The zero-order chi connectivity index (χ0) is 25.5. The Balaban J connectivity index is 1.27. The van der Waals surface area contributed by atoms with Crippen LogP contribution in [0.4, 0.5) is 4.39 Å². The number of carbonyl (C=O) groups is 1. The van der Waals surface area contributed by atoms with Gasteiger partial charge in [-0.2, -0.15) is 0 Å². The average molecular weight is 512 g/mol. The molecule has 3 heterocycles. The van der Waals surface area contributed by atoms with Crippen LogP contribution < -0.4 is 9.47 Å². The summed E-state index contributed by atoms with van der Waals surface area (Å²) in [6.45, 7) is 4.14. The first-order chi connectivity index (χ1) is 18.0. The van der Waals surface area contributed by atoms with Gasteiger partial charge in [-0.3, -0.25) is 4.79 Å². The van der Waals surface area contributed by atoms with Crippen molar-refractivity contribution >= 4 is 28.3 Å². The molecule has 0 unspecified atom stereocenters. The number of aromatic nitrogens is 3. The molecular weight excluding hydrogens is 489 g/mol. The van der Waals surface area contributed by atoms with E-state index in [1.807, 2.05) is 66.9 Å². The van der Waals surface area contributed by atoms with Gasteiger partial charge in [-0.05, 0) is 56.3 Å². The molecule has 0 saturated carbocycles. The Labute approximate surface area is 217 Å². The highest BCUT2D eigenvalue weighted by molar-refractivity contribution is 8.00. The highest BCUT2D eigenvalue weighted by atomic mass is 32.2. The molecule has 1 aliphatic heterocycles. The lowest BCUT2D eigenvalue weighted by Crippen LogP contribution is -2.06. The van der Waals surface area contributed by atoms with E-state index >= 15 is 0 Å². The predicted molar refractivity (Wildman–Crippen MR) is 141 cm³/mol. The van der Waals surface area contributed by atoms with E-state index in [2.05, 4.69) is 10.2 Å². The molecule has 0 bridgehead atoms. The number of benzene rings is 3. The van der Waals surface area contributed by atoms with Crippen molar-refractivity contribution in [2.24, 2.45) is 0 Å². The fraction of sp³-hybridized carbons (Fsp3) is 0.138. The summed E-state index contributed by atoms with van der Waals surface area (Å²) in [4.78, 5) is 13.3. The van der Waals surface area contributed by atoms with E-state index in [0.29, 0.717) is 22.0 Å². The summed E-state index contributed by atoms with van der Waals surface area (Å²) in [6.07, 6.45) is 0. The van der Waals surface area contributed by atoms with Crippen LogP contribution in [0, 0.1) is 19.7 Å². The van der Waals surface area contributed by atoms with Gasteiger partial charge in [0.2, 0.25) is 6.79 Å². The molecule has 0 atom stereocenters. The molecule has 0 fully saturated rings. The third-order valence-corrected chi connectivity index (χ3v) is 7.44. The maximum Gasteiger partial charge on any atom is 0.231 e. The van der Waals surface area contributed by atoms with E-state index in [-0.39, 0.29) is 24.1 Å². The number of ether oxygens (including phenoxy) is 2. The molecule has 3 aromatic carbocycles. The van der Waals surface area contributed by atoms with Gasteiger partial charge in [0.05, 0.1) is 5.75 Å².